The van der Waals surface area contributed by atoms with Crippen molar-refractivity contribution < 1.29 is 9.21 Å². The third kappa shape index (κ3) is 3.22. The molecule has 0 unspecified atom stereocenters. The molecule has 0 aliphatic carbocycles. The van der Waals surface area contributed by atoms with Crippen LogP contribution in [0.25, 0.3) is 0 Å². The van der Waals surface area contributed by atoms with Gasteiger partial charge in [0.25, 0.3) is 5.91 Å². The molecule has 0 saturated carbocycles. The highest BCUT2D eigenvalue weighted by Crippen LogP contribution is 2.28. The van der Waals surface area contributed by atoms with Crippen LogP contribution in [-0.4, -0.2) is 53.4 Å². The molecule has 0 spiro atoms. The molecule has 0 N–H and O–H groups in total. The number of carbonyl (C=O) groups excluding carboxylic acids is 1. The van der Waals surface area contributed by atoms with Gasteiger partial charge < -0.3 is 14.2 Å². The minimum absolute atomic E-state index is 0.0766. The topological polar surface area (TPSA) is 49.6 Å². The number of hydrogen-bond donors (Lipinski definition) is 0. The molecular formula is C19H25N3O2. The summed E-state index contributed by atoms with van der Waals surface area (Å²) in [5, 5.41) is 0. The number of amides is 1. The summed E-state index contributed by atoms with van der Waals surface area (Å²) in [6, 6.07) is 6.42. The molecule has 128 valence electrons. The fourth-order valence-corrected chi connectivity index (χ4v) is 3.70. The van der Waals surface area contributed by atoms with Crippen LogP contribution in [0.3, 0.4) is 0 Å². The van der Waals surface area contributed by atoms with Gasteiger partial charge in [-0.2, -0.15) is 0 Å². The van der Waals surface area contributed by atoms with Crippen LogP contribution in [0.15, 0.2) is 35.0 Å². The molecule has 1 aliphatic heterocycles. The van der Waals surface area contributed by atoms with Gasteiger partial charge in [-0.25, -0.2) is 0 Å². The van der Waals surface area contributed by atoms with Crippen LogP contribution in [-0.2, 0) is 6.42 Å². The van der Waals surface area contributed by atoms with Crippen LogP contribution in [0.2, 0.25) is 0 Å². The highest BCUT2D eigenvalue weighted by molar-refractivity contribution is 5.95. The van der Waals surface area contributed by atoms with Crippen molar-refractivity contribution in [1.29, 1.82) is 0 Å². The van der Waals surface area contributed by atoms with Gasteiger partial charge in [0.2, 0.25) is 0 Å². The maximum Gasteiger partial charge on any atom is 0.257 e. The van der Waals surface area contributed by atoms with Crippen LogP contribution < -0.4 is 0 Å². The van der Waals surface area contributed by atoms with E-state index in [2.05, 4.69) is 24.0 Å². The quantitative estimate of drug-likeness (QED) is 0.866. The van der Waals surface area contributed by atoms with Gasteiger partial charge in [0.05, 0.1) is 11.6 Å². The van der Waals surface area contributed by atoms with Gasteiger partial charge >= 0.3 is 0 Å². The summed E-state index contributed by atoms with van der Waals surface area (Å²) in [7, 11) is 4.18. The summed E-state index contributed by atoms with van der Waals surface area (Å²) in [6.45, 7) is 4.52. The van der Waals surface area contributed by atoms with Crippen LogP contribution in [0.4, 0.5) is 0 Å². The lowest BCUT2D eigenvalue weighted by molar-refractivity contribution is 0.0703. The smallest absolute Gasteiger partial charge is 0.257 e. The number of pyridine rings is 1. The van der Waals surface area contributed by atoms with E-state index in [1.807, 2.05) is 49.3 Å². The molecule has 1 aliphatic rings. The maximum atomic E-state index is 13.1. The van der Waals surface area contributed by atoms with Crippen molar-refractivity contribution in [3.8, 4) is 0 Å². The van der Waals surface area contributed by atoms with Crippen molar-refractivity contribution in [2.75, 3.05) is 20.6 Å². The fraction of sp³-hybridized carbons (Fsp3) is 0.474. The lowest BCUT2D eigenvalue weighted by Crippen LogP contribution is -2.45. The minimum atomic E-state index is 0.0766. The Labute approximate surface area is 143 Å². The summed E-state index contributed by atoms with van der Waals surface area (Å²) in [5.41, 5.74) is 1.90. The Morgan fingerprint density at radius 3 is 2.62 bits per heavy atom. The Kier molecular flexibility index (Phi) is 4.71. The molecule has 2 atom stereocenters. The first-order valence-corrected chi connectivity index (χ1v) is 8.40. The standard InChI is InChI=1S/C19H25N3O2/c1-13-11-16(14(2)24-13)19(23)22-10-7-17(21(3)4)18(22)12-15-5-8-20-9-6-15/h5-6,8-9,11,17-18H,7,10,12H2,1-4H3/t17-,18+/m1/s1. The number of likely N-dealkylation sites (tertiary alicyclic amines) is 1. The Morgan fingerprint density at radius 2 is 2.04 bits per heavy atom. The van der Waals surface area contributed by atoms with E-state index in [1.54, 1.807) is 0 Å². The predicted molar refractivity (Wildman–Crippen MR) is 93.0 cm³/mol. The molecule has 2 aromatic heterocycles. The number of carbonyl (C=O) groups is 1. The van der Waals surface area contributed by atoms with E-state index < -0.39 is 0 Å². The zero-order valence-corrected chi connectivity index (χ0v) is 14.8. The van der Waals surface area contributed by atoms with Gasteiger partial charge in [-0.3, -0.25) is 9.78 Å². The van der Waals surface area contributed by atoms with E-state index in [9.17, 15) is 4.79 Å². The number of rotatable bonds is 4. The molecule has 5 heteroatoms. The van der Waals surface area contributed by atoms with E-state index in [1.165, 1.54) is 5.56 Å². The third-order valence-electron chi connectivity index (χ3n) is 4.90. The molecule has 1 saturated heterocycles. The van der Waals surface area contributed by atoms with E-state index >= 15 is 0 Å². The van der Waals surface area contributed by atoms with Crippen molar-refractivity contribution in [2.45, 2.75) is 38.8 Å². The molecule has 1 fully saturated rings. The Hall–Kier alpha value is -2.14. The number of hydrogen-bond acceptors (Lipinski definition) is 4. The van der Waals surface area contributed by atoms with Crippen LogP contribution in [0.5, 0.6) is 0 Å². The van der Waals surface area contributed by atoms with Gasteiger partial charge in [-0.05, 0) is 64.5 Å². The average molecular weight is 327 g/mol. The Balaban J connectivity index is 1.87. The van der Waals surface area contributed by atoms with Crippen molar-refractivity contribution in [2.24, 2.45) is 0 Å². The lowest BCUT2D eigenvalue weighted by Gasteiger charge is -2.31. The first kappa shape index (κ1) is 16.7. The molecule has 24 heavy (non-hydrogen) atoms. The molecule has 2 aromatic rings. The number of furan rings is 1. The molecule has 5 nitrogen and oxygen atoms in total. The zero-order chi connectivity index (χ0) is 17.3. The van der Waals surface area contributed by atoms with Gasteiger partial charge in [0.15, 0.2) is 0 Å². The SMILES string of the molecule is Cc1cc(C(=O)N2CC[C@@H](N(C)C)[C@@H]2Cc2ccncc2)c(C)o1. The van der Waals surface area contributed by atoms with Crippen LogP contribution in [0, 0.1) is 13.8 Å². The molecule has 3 rings (SSSR count). The van der Waals surface area contributed by atoms with Crippen LogP contribution in [0.1, 0.15) is 33.9 Å². The lowest BCUT2D eigenvalue weighted by atomic mass is 9.99. The van der Waals surface area contributed by atoms with E-state index in [0.717, 1.165) is 25.1 Å². The molecular weight excluding hydrogens is 302 g/mol. The van der Waals surface area contributed by atoms with Crippen molar-refractivity contribution in [1.82, 2.24) is 14.8 Å². The normalized spacial score (nSPS) is 20.8. The second-order valence-electron chi connectivity index (χ2n) is 6.77. The molecule has 0 radical (unpaired) electrons. The second kappa shape index (κ2) is 6.77. The van der Waals surface area contributed by atoms with Crippen molar-refractivity contribution >= 4 is 5.91 Å². The summed E-state index contributed by atoms with van der Waals surface area (Å²) < 4.78 is 5.56. The van der Waals surface area contributed by atoms with Crippen LogP contribution >= 0.6 is 0 Å². The van der Waals surface area contributed by atoms with E-state index in [0.29, 0.717) is 17.4 Å². The predicted octanol–water partition coefficient (Wildman–Crippen LogP) is 2.68. The Morgan fingerprint density at radius 1 is 1.33 bits per heavy atom. The number of nitrogens with zero attached hydrogens (tertiary/aromatic N) is 3. The first-order valence-electron chi connectivity index (χ1n) is 8.40. The summed E-state index contributed by atoms with van der Waals surface area (Å²) in [4.78, 5) is 21.4. The fourth-order valence-electron chi connectivity index (χ4n) is 3.70. The largest absolute Gasteiger partial charge is 0.466 e. The highest BCUT2D eigenvalue weighted by atomic mass is 16.3. The van der Waals surface area contributed by atoms with E-state index in [4.69, 9.17) is 4.42 Å². The number of likely N-dealkylation sites (N-methyl/N-ethyl adjacent to an activating group) is 1. The van der Waals surface area contributed by atoms with Gasteiger partial charge in [-0.1, -0.05) is 0 Å². The Bertz CT molecular complexity index is 709. The monoisotopic (exact) mass is 327 g/mol. The average Bonchev–Trinajstić information content (AvgIpc) is 3.11. The number of aromatic nitrogens is 1. The summed E-state index contributed by atoms with van der Waals surface area (Å²) >= 11 is 0. The van der Waals surface area contributed by atoms with Gasteiger partial charge in [0, 0.05) is 25.0 Å². The number of aryl methyl sites for hydroxylation is 2. The highest BCUT2D eigenvalue weighted by Gasteiger charge is 2.39. The maximum absolute atomic E-state index is 13.1. The third-order valence-corrected chi connectivity index (χ3v) is 4.90. The minimum Gasteiger partial charge on any atom is -0.466 e. The second-order valence-corrected chi connectivity index (χ2v) is 6.77. The van der Waals surface area contributed by atoms with Gasteiger partial charge in [-0.15, -0.1) is 0 Å². The summed E-state index contributed by atoms with van der Waals surface area (Å²) in [6.07, 6.45) is 5.45. The van der Waals surface area contributed by atoms with Gasteiger partial charge in [0.1, 0.15) is 11.5 Å². The van der Waals surface area contributed by atoms with E-state index in [-0.39, 0.29) is 11.9 Å². The van der Waals surface area contributed by atoms with Crippen molar-refractivity contribution in [3.05, 3.63) is 53.2 Å². The van der Waals surface area contributed by atoms with Crippen molar-refractivity contribution in [3.63, 3.8) is 0 Å². The molecule has 3 heterocycles. The first-order chi connectivity index (χ1) is 11.5. The molecule has 1 amide bonds. The summed E-state index contributed by atoms with van der Waals surface area (Å²) in [5.74, 6) is 1.56. The zero-order valence-electron chi connectivity index (χ0n) is 14.8. The molecule has 0 aromatic carbocycles. The molecule has 0 bridgehead atoms.